The van der Waals surface area contributed by atoms with Crippen molar-refractivity contribution in [1.82, 2.24) is 10.0 Å². The number of ether oxygens (including phenoxy) is 1. The molecule has 5 nitrogen and oxygen atoms in total. The van der Waals surface area contributed by atoms with Crippen LogP contribution in [0.4, 0.5) is 4.79 Å². The zero-order valence-corrected chi connectivity index (χ0v) is 15.7. The SMILES string of the molecule is CCC(C)(C)C(=O)CN1CCCN1C(=O)OCCCc1ccccc1. The minimum atomic E-state index is -0.353. The third-order valence-electron chi connectivity index (χ3n) is 4.98. The monoisotopic (exact) mass is 346 g/mol. The molecular weight excluding hydrogens is 316 g/mol. The lowest BCUT2D eigenvalue weighted by atomic mass is 9.85. The number of hydrazine groups is 1. The number of ketones is 1. The predicted octanol–water partition coefficient (Wildman–Crippen LogP) is 3.68. The fraction of sp³-hybridized carbons (Fsp3) is 0.600. The molecular formula is C20H30N2O3. The third-order valence-corrected chi connectivity index (χ3v) is 4.98. The molecule has 1 aromatic rings. The average molecular weight is 346 g/mol. The molecule has 0 bridgehead atoms. The first-order valence-electron chi connectivity index (χ1n) is 9.20. The summed E-state index contributed by atoms with van der Waals surface area (Å²) in [5.74, 6) is 0.166. The van der Waals surface area contributed by atoms with E-state index in [0.717, 1.165) is 32.2 Å². The summed E-state index contributed by atoms with van der Waals surface area (Å²) >= 11 is 0. The molecule has 1 aliphatic rings. The smallest absolute Gasteiger partial charge is 0.424 e. The average Bonchev–Trinajstić information content (AvgIpc) is 3.07. The van der Waals surface area contributed by atoms with Crippen LogP contribution in [0.2, 0.25) is 0 Å². The topological polar surface area (TPSA) is 49.9 Å². The predicted molar refractivity (Wildman–Crippen MR) is 98.1 cm³/mol. The second-order valence-electron chi connectivity index (χ2n) is 7.23. The van der Waals surface area contributed by atoms with Gasteiger partial charge < -0.3 is 4.74 Å². The van der Waals surface area contributed by atoms with Crippen molar-refractivity contribution < 1.29 is 14.3 Å². The van der Waals surface area contributed by atoms with Crippen LogP contribution in [0.1, 0.15) is 45.6 Å². The first-order chi connectivity index (χ1) is 11.9. The summed E-state index contributed by atoms with van der Waals surface area (Å²) in [6.45, 7) is 7.95. The Labute approximate surface area is 150 Å². The number of carbonyl (C=O) groups excluding carboxylic acids is 2. The minimum Gasteiger partial charge on any atom is -0.448 e. The summed E-state index contributed by atoms with van der Waals surface area (Å²) in [5.41, 5.74) is 0.891. The second kappa shape index (κ2) is 8.99. The molecule has 1 amide bonds. The lowest BCUT2D eigenvalue weighted by molar-refractivity contribution is -0.131. The quantitative estimate of drug-likeness (QED) is 0.674. The minimum absolute atomic E-state index is 0.166. The number of hydrogen-bond acceptors (Lipinski definition) is 4. The molecule has 1 fully saturated rings. The van der Waals surface area contributed by atoms with Gasteiger partial charge in [0, 0.05) is 18.5 Å². The van der Waals surface area contributed by atoms with Crippen molar-refractivity contribution in [2.45, 2.75) is 46.5 Å². The molecule has 2 rings (SSSR count). The first-order valence-corrected chi connectivity index (χ1v) is 9.20. The van der Waals surface area contributed by atoms with Gasteiger partial charge in [0.15, 0.2) is 5.78 Å². The van der Waals surface area contributed by atoms with Gasteiger partial charge in [0.2, 0.25) is 0 Å². The number of aryl methyl sites for hydroxylation is 1. The maximum atomic E-state index is 12.4. The Morgan fingerprint density at radius 1 is 1.16 bits per heavy atom. The Kier molecular flexibility index (Phi) is 7.00. The van der Waals surface area contributed by atoms with E-state index < -0.39 is 0 Å². The van der Waals surface area contributed by atoms with Gasteiger partial charge in [-0.05, 0) is 31.2 Å². The van der Waals surface area contributed by atoms with Gasteiger partial charge in [-0.25, -0.2) is 14.8 Å². The lowest BCUT2D eigenvalue weighted by Gasteiger charge is -2.30. The second-order valence-corrected chi connectivity index (χ2v) is 7.23. The van der Waals surface area contributed by atoms with Crippen molar-refractivity contribution in [2.75, 3.05) is 26.2 Å². The summed E-state index contributed by atoms with van der Waals surface area (Å²) in [5, 5.41) is 3.42. The number of rotatable bonds is 8. The molecule has 138 valence electrons. The summed E-state index contributed by atoms with van der Waals surface area (Å²) in [6, 6.07) is 10.2. The summed E-state index contributed by atoms with van der Waals surface area (Å²) < 4.78 is 5.41. The highest BCUT2D eigenvalue weighted by atomic mass is 16.6. The Morgan fingerprint density at radius 2 is 1.88 bits per heavy atom. The maximum Gasteiger partial charge on any atom is 0.424 e. The molecule has 1 aliphatic heterocycles. The molecule has 1 heterocycles. The van der Waals surface area contributed by atoms with E-state index in [1.54, 1.807) is 5.01 Å². The van der Waals surface area contributed by atoms with E-state index in [1.165, 1.54) is 5.56 Å². The molecule has 0 unspecified atom stereocenters. The van der Waals surface area contributed by atoms with Crippen LogP contribution < -0.4 is 0 Å². The van der Waals surface area contributed by atoms with Crippen molar-refractivity contribution >= 4 is 11.9 Å². The van der Waals surface area contributed by atoms with Crippen LogP contribution >= 0.6 is 0 Å². The van der Waals surface area contributed by atoms with Crippen molar-refractivity contribution in [2.24, 2.45) is 5.41 Å². The van der Waals surface area contributed by atoms with Crippen LogP contribution in [0.25, 0.3) is 0 Å². The van der Waals surface area contributed by atoms with Crippen LogP contribution in [-0.4, -0.2) is 48.1 Å². The van der Waals surface area contributed by atoms with E-state index in [2.05, 4.69) is 12.1 Å². The molecule has 1 saturated heterocycles. The zero-order valence-electron chi connectivity index (χ0n) is 15.7. The van der Waals surface area contributed by atoms with E-state index in [9.17, 15) is 9.59 Å². The number of nitrogens with zero attached hydrogens (tertiary/aromatic N) is 2. The molecule has 0 spiro atoms. The molecule has 25 heavy (non-hydrogen) atoms. The number of benzene rings is 1. The summed E-state index contributed by atoms with van der Waals surface area (Å²) in [6.07, 6.45) is 3.02. The van der Waals surface area contributed by atoms with Crippen LogP contribution in [0.3, 0.4) is 0 Å². The van der Waals surface area contributed by atoms with Gasteiger partial charge in [0.05, 0.1) is 13.2 Å². The molecule has 0 atom stereocenters. The highest BCUT2D eigenvalue weighted by Gasteiger charge is 2.33. The number of Topliss-reactive ketones (excluding diaryl/α,β-unsaturated/α-hetero) is 1. The van der Waals surface area contributed by atoms with Crippen LogP contribution in [0.5, 0.6) is 0 Å². The van der Waals surface area contributed by atoms with Gasteiger partial charge in [-0.3, -0.25) is 4.79 Å². The lowest BCUT2D eigenvalue weighted by Crippen LogP contribution is -2.46. The van der Waals surface area contributed by atoms with E-state index in [1.807, 2.05) is 44.0 Å². The number of carbonyl (C=O) groups is 2. The normalized spacial score (nSPS) is 15.4. The zero-order chi connectivity index (χ0) is 18.3. The first kappa shape index (κ1) is 19.4. The van der Waals surface area contributed by atoms with Crippen LogP contribution in [0, 0.1) is 5.41 Å². The van der Waals surface area contributed by atoms with Gasteiger partial charge >= 0.3 is 6.09 Å². The molecule has 5 heteroatoms. The summed E-state index contributed by atoms with van der Waals surface area (Å²) in [7, 11) is 0. The molecule has 0 radical (unpaired) electrons. The Bertz CT molecular complexity index is 572. The van der Waals surface area contributed by atoms with Crippen LogP contribution in [-0.2, 0) is 16.0 Å². The standard InChI is InChI=1S/C20H30N2O3/c1-4-20(2,3)18(23)16-21-13-9-14-22(21)19(24)25-15-8-12-17-10-6-5-7-11-17/h5-7,10-11H,4,8-9,12-16H2,1-3H3. The largest absolute Gasteiger partial charge is 0.448 e. The third kappa shape index (κ3) is 5.56. The van der Waals surface area contributed by atoms with Crippen molar-refractivity contribution in [3.8, 4) is 0 Å². The summed E-state index contributed by atoms with van der Waals surface area (Å²) in [4.78, 5) is 24.7. The molecule has 0 aliphatic carbocycles. The highest BCUT2D eigenvalue weighted by Crippen LogP contribution is 2.23. The number of hydrogen-bond donors (Lipinski definition) is 0. The van der Waals surface area contributed by atoms with Crippen molar-refractivity contribution in [3.05, 3.63) is 35.9 Å². The molecule has 0 saturated carbocycles. The number of amides is 1. The fourth-order valence-electron chi connectivity index (χ4n) is 2.77. The van der Waals surface area contributed by atoms with Crippen LogP contribution in [0.15, 0.2) is 30.3 Å². The van der Waals surface area contributed by atoms with Crippen molar-refractivity contribution in [1.29, 1.82) is 0 Å². The Balaban J connectivity index is 1.77. The van der Waals surface area contributed by atoms with Gasteiger partial charge in [-0.2, -0.15) is 0 Å². The van der Waals surface area contributed by atoms with Crippen molar-refractivity contribution in [3.63, 3.8) is 0 Å². The van der Waals surface area contributed by atoms with Gasteiger partial charge in [-0.15, -0.1) is 0 Å². The molecule has 0 N–H and O–H groups in total. The molecule has 0 aromatic heterocycles. The van der Waals surface area contributed by atoms with Gasteiger partial charge in [0.25, 0.3) is 0 Å². The van der Waals surface area contributed by atoms with E-state index in [-0.39, 0.29) is 23.8 Å². The van der Waals surface area contributed by atoms with Gasteiger partial charge in [-0.1, -0.05) is 51.1 Å². The maximum absolute atomic E-state index is 12.4. The van der Waals surface area contributed by atoms with E-state index in [0.29, 0.717) is 13.2 Å². The van der Waals surface area contributed by atoms with E-state index >= 15 is 0 Å². The Morgan fingerprint density at radius 3 is 2.56 bits per heavy atom. The Hall–Kier alpha value is -1.88. The highest BCUT2D eigenvalue weighted by molar-refractivity contribution is 5.86. The fourth-order valence-corrected chi connectivity index (χ4v) is 2.77. The van der Waals surface area contributed by atoms with E-state index in [4.69, 9.17) is 4.74 Å². The molecule has 1 aromatic carbocycles. The van der Waals surface area contributed by atoms with Gasteiger partial charge in [0.1, 0.15) is 0 Å².